The molecule has 2 atom stereocenters. The molecule has 1 saturated heterocycles. The van der Waals surface area contributed by atoms with Gasteiger partial charge in [-0.05, 0) is 59.0 Å². The summed E-state index contributed by atoms with van der Waals surface area (Å²) in [4.78, 5) is 2.48. The van der Waals surface area contributed by atoms with Crippen LogP contribution in [0.25, 0.3) is 0 Å². The van der Waals surface area contributed by atoms with E-state index in [1.54, 1.807) is 6.92 Å². The summed E-state index contributed by atoms with van der Waals surface area (Å²) in [5.41, 5.74) is 0. The number of hydrogen-bond acceptors (Lipinski definition) is 4. The summed E-state index contributed by atoms with van der Waals surface area (Å²) in [7, 11) is -3.18. The van der Waals surface area contributed by atoms with Crippen LogP contribution in [-0.2, 0) is 10.0 Å². The van der Waals surface area contributed by atoms with Crippen LogP contribution in [-0.4, -0.2) is 56.8 Å². The summed E-state index contributed by atoms with van der Waals surface area (Å²) in [5, 5.41) is 2.93. The molecule has 0 aromatic carbocycles. The van der Waals surface area contributed by atoms with Crippen LogP contribution in [0.2, 0.25) is 0 Å². The fourth-order valence-corrected chi connectivity index (χ4v) is 3.89. The standard InChI is InChI=1S/C15H31N3O2S/c1-13-6-3-4-10-18(13)11-5-9-17-21(19,20)14(2)12-16-15-7-8-15/h13-17H,3-12H2,1-2H3. The molecule has 2 fully saturated rings. The lowest BCUT2D eigenvalue weighted by molar-refractivity contribution is 0.159. The van der Waals surface area contributed by atoms with Gasteiger partial charge in [-0.1, -0.05) is 6.42 Å². The number of rotatable bonds is 9. The van der Waals surface area contributed by atoms with Gasteiger partial charge in [0.25, 0.3) is 0 Å². The number of nitrogens with zero attached hydrogens (tertiary/aromatic N) is 1. The summed E-state index contributed by atoms with van der Waals surface area (Å²) in [6, 6.07) is 1.21. The molecular weight excluding hydrogens is 286 g/mol. The van der Waals surface area contributed by atoms with E-state index in [2.05, 4.69) is 21.9 Å². The molecule has 2 rings (SSSR count). The summed E-state index contributed by atoms with van der Waals surface area (Å²) in [6.07, 6.45) is 7.15. The van der Waals surface area contributed by atoms with E-state index in [9.17, 15) is 8.42 Å². The monoisotopic (exact) mass is 317 g/mol. The summed E-state index contributed by atoms with van der Waals surface area (Å²) in [5.74, 6) is 0. The van der Waals surface area contributed by atoms with Crippen LogP contribution in [0.15, 0.2) is 0 Å². The molecule has 0 radical (unpaired) electrons. The highest BCUT2D eigenvalue weighted by Gasteiger charge is 2.25. The second kappa shape index (κ2) is 7.90. The van der Waals surface area contributed by atoms with Crippen LogP contribution in [0.5, 0.6) is 0 Å². The third-order valence-electron chi connectivity index (χ3n) is 4.67. The third-order valence-corrected chi connectivity index (χ3v) is 6.50. The first kappa shape index (κ1) is 17.2. The van der Waals surface area contributed by atoms with Crippen LogP contribution in [0.4, 0.5) is 0 Å². The van der Waals surface area contributed by atoms with Gasteiger partial charge in [0.1, 0.15) is 0 Å². The van der Waals surface area contributed by atoms with Gasteiger partial charge >= 0.3 is 0 Å². The molecule has 1 heterocycles. The molecule has 5 nitrogen and oxygen atoms in total. The molecule has 0 bridgehead atoms. The van der Waals surface area contributed by atoms with Gasteiger partial charge in [-0.3, -0.25) is 0 Å². The van der Waals surface area contributed by atoms with Crippen molar-refractivity contribution < 1.29 is 8.42 Å². The second-order valence-corrected chi connectivity index (χ2v) is 8.85. The normalized spacial score (nSPS) is 25.9. The molecule has 2 aliphatic rings. The summed E-state index contributed by atoms with van der Waals surface area (Å²) in [6.45, 7) is 7.33. The van der Waals surface area contributed by atoms with Gasteiger partial charge in [0, 0.05) is 25.2 Å². The molecule has 0 amide bonds. The Kier molecular flexibility index (Phi) is 6.47. The minimum absolute atomic E-state index is 0.355. The number of piperidine rings is 1. The zero-order valence-electron chi connectivity index (χ0n) is 13.5. The first-order chi connectivity index (χ1) is 9.99. The highest BCUT2D eigenvalue weighted by Crippen LogP contribution is 2.18. The fourth-order valence-electron chi connectivity index (χ4n) is 2.86. The van der Waals surface area contributed by atoms with Crippen LogP contribution in [0.1, 0.15) is 52.4 Å². The Hall–Kier alpha value is -0.170. The SMILES string of the molecule is CC1CCCCN1CCCNS(=O)(=O)C(C)CNC1CC1. The molecule has 1 saturated carbocycles. The lowest BCUT2D eigenvalue weighted by atomic mass is 10.0. The molecule has 1 aliphatic heterocycles. The number of hydrogen-bond donors (Lipinski definition) is 2. The zero-order chi connectivity index (χ0) is 15.3. The van der Waals surface area contributed by atoms with Gasteiger partial charge in [0.15, 0.2) is 0 Å². The molecule has 6 heteroatoms. The molecular formula is C15H31N3O2S. The van der Waals surface area contributed by atoms with Crippen LogP contribution in [0.3, 0.4) is 0 Å². The second-order valence-electron chi connectivity index (χ2n) is 6.67. The first-order valence-corrected chi connectivity index (χ1v) is 9.99. The number of sulfonamides is 1. The number of likely N-dealkylation sites (tertiary alicyclic amines) is 1. The maximum atomic E-state index is 12.1. The Morgan fingerprint density at radius 1 is 1.24 bits per heavy atom. The Morgan fingerprint density at radius 3 is 2.67 bits per heavy atom. The molecule has 2 N–H and O–H groups in total. The maximum absolute atomic E-state index is 12.1. The topological polar surface area (TPSA) is 61.4 Å². The van der Waals surface area contributed by atoms with E-state index in [0.717, 1.165) is 19.5 Å². The van der Waals surface area contributed by atoms with E-state index in [4.69, 9.17) is 0 Å². The Balaban J connectivity index is 1.61. The lowest BCUT2D eigenvalue weighted by Gasteiger charge is -2.33. The molecule has 0 aromatic heterocycles. The summed E-state index contributed by atoms with van der Waals surface area (Å²) >= 11 is 0. The third kappa shape index (κ3) is 5.85. The van der Waals surface area contributed by atoms with Crippen LogP contribution >= 0.6 is 0 Å². The van der Waals surface area contributed by atoms with Crippen LogP contribution in [0, 0.1) is 0 Å². The molecule has 21 heavy (non-hydrogen) atoms. The highest BCUT2D eigenvalue weighted by atomic mass is 32.2. The van der Waals surface area contributed by atoms with E-state index in [0.29, 0.717) is 25.2 Å². The molecule has 124 valence electrons. The number of nitrogens with one attached hydrogen (secondary N) is 2. The van der Waals surface area contributed by atoms with Gasteiger partial charge < -0.3 is 10.2 Å². The van der Waals surface area contributed by atoms with Crippen molar-refractivity contribution in [1.82, 2.24) is 14.9 Å². The lowest BCUT2D eigenvalue weighted by Crippen LogP contribution is -2.42. The van der Waals surface area contributed by atoms with Crippen molar-refractivity contribution in [3.05, 3.63) is 0 Å². The van der Waals surface area contributed by atoms with E-state index in [1.165, 1.54) is 32.1 Å². The Bertz CT molecular complexity index is 409. The largest absolute Gasteiger partial charge is 0.313 e. The molecule has 0 aromatic rings. The first-order valence-electron chi connectivity index (χ1n) is 8.45. The van der Waals surface area contributed by atoms with E-state index in [-0.39, 0.29) is 5.25 Å². The van der Waals surface area contributed by atoms with Gasteiger partial charge in [-0.2, -0.15) is 0 Å². The Morgan fingerprint density at radius 2 is 2.00 bits per heavy atom. The van der Waals surface area contributed by atoms with Crippen LogP contribution < -0.4 is 10.0 Å². The van der Waals surface area contributed by atoms with Crippen molar-refractivity contribution in [2.24, 2.45) is 0 Å². The van der Waals surface area contributed by atoms with Crippen molar-refractivity contribution in [3.8, 4) is 0 Å². The predicted octanol–water partition coefficient (Wildman–Crippen LogP) is 1.31. The van der Waals surface area contributed by atoms with Crippen molar-refractivity contribution >= 4 is 10.0 Å². The molecule has 2 unspecified atom stereocenters. The summed E-state index contributed by atoms with van der Waals surface area (Å²) < 4.78 is 27.0. The van der Waals surface area contributed by atoms with Crippen molar-refractivity contribution in [2.45, 2.75) is 69.7 Å². The minimum atomic E-state index is -3.18. The van der Waals surface area contributed by atoms with E-state index >= 15 is 0 Å². The Labute approximate surface area is 129 Å². The van der Waals surface area contributed by atoms with Crippen molar-refractivity contribution in [1.29, 1.82) is 0 Å². The smallest absolute Gasteiger partial charge is 0.215 e. The van der Waals surface area contributed by atoms with Gasteiger partial charge in [0.2, 0.25) is 10.0 Å². The van der Waals surface area contributed by atoms with E-state index < -0.39 is 10.0 Å². The zero-order valence-corrected chi connectivity index (χ0v) is 14.3. The quantitative estimate of drug-likeness (QED) is 0.630. The highest BCUT2D eigenvalue weighted by molar-refractivity contribution is 7.90. The average Bonchev–Trinajstić information content (AvgIpc) is 3.27. The van der Waals surface area contributed by atoms with Crippen molar-refractivity contribution in [2.75, 3.05) is 26.2 Å². The van der Waals surface area contributed by atoms with Crippen molar-refractivity contribution in [3.63, 3.8) is 0 Å². The van der Waals surface area contributed by atoms with Gasteiger partial charge in [-0.15, -0.1) is 0 Å². The molecule has 0 spiro atoms. The van der Waals surface area contributed by atoms with Gasteiger partial charge in [-0.25, -0.2) is 13.1 Å². The predicted molar refractivity (Wildman–Crippen MR) is 86.9 cm³/mol. The van der Waals surface area contributed by atoms with Gasteiger partial charge in [0.05, 0.1) is 5.25 Å². The average molecular weight is 317 g/mol. The minimum Gasteiger partial charge on any atom is -0.313 e. The van der Waals surface area contributed by atoms with E-state index in [1.807, 2.05) is 0 Å². The fraction of sp³-hybridized carbons (Fsp3) is 1.00. The maximum Gasteiger partial charge on any atom is 0.215 e. The molecule has 1 aliphatic carbocycles.